The number of hydrogen-bond acceptors (Lipinski definition) is 7. The molecule has 0 saturated carbocycles. The van der Waals surface area contributed by atoms with E-state index in [1.807, 2.05) is 0 Å². The van der Waals surface area contributed by atoms with Gasteiger partial charge >= 0.3 is 0 Å². The predicted octanol–water partition coefficient (Wildman–Crippen LogP) is 7.02. The summed E-state index contributed by atoms with van der Waals surface area (Å²) in [7, 11) is 0. The highest BCUT2D eigenvalue weighted by Crippen LogP contribution is 2.17. The Bertz CT molecular complexity index is 1010. The summed E-state index contributed by atoms with van der Waals surface area (Å²) in [6.07, 6.45) is 21.3. The summed E-state index contributed by atoms with van der Waals surface area (Å²) in [6.45, 7) is 4.48. The number of ether oxygens (including phenoxy) is 1. The molecule has 0 saturated heterocycles. The van der Waals surface area contributed by atoms with Crippen LogP contribution in [0.4, 0.5) is 5.95 Å². The zero-order valence-electron chi connectivity index (χ0n) is 25.1. The summed E-state index contributed by atoms with van der Waals surface area (Å²) in [5.74, 6) is 0.257. The number of nitrogens with one attached hydrogen (secondary N) is 1. The number of aromatic amines is 1. The third-order valence-electron chi connectivity index (χ3n) is 7.47. The summed E-state index contributed by atoms with van der Waals surface area (Å²) < 4.78 is 7.65. The van der Waals surface area contributed by atoms with Crippen LogP contribution in [0.15, 0.2) is 11.1 Å². The number of H-pyrrole nitrogens is 1. The molecule has 2 heterocycles. The second-order valence-electron chi connectivity index (χ2n) is 11.2. The highest BCUT2D eigenvalue weighted by molar-refractivity contribution is 5.82. The molecule has 9 heteroatoms. The summed E-state index contributed by atoms with van der Waals surface area (Å²) in [4.78, 5) is 48.4. The monoisotopic (exact) mass is 559 g/mol. The number of hydrogen-bond donors (Lipinski definition) is 2. The number of nitrogen functional groups attached to an aromatic ring is 1. The molecule has 226 valence electrons. The van der Waals surface area contributed by atoms with Crippen molar-refractivity contribution < 1.29 is 14.3 Å². The number of unbranched alkanes of at least 4 members (excludes halogenated alkanes) is 14. The lowest BCUT2D eigenvalue weighted by Crippen LogP contribution is -2.23. The smallest absolute Gasteiger partial charge is 0.280 e. The first-order chi connectivity index (χ1) is 19.4. The number of nitrogens with zero attached hydrogens (tertiary/aromatic N) is 3. The highest BCUT2D eigenvalue weighted by Gasteiger charge is 2.19. The maximum Gasteiger partial charge on any atom is 0.280 e. The number of carbonyl (C=O) groups is 2. The van der Waals surface area contributed by atoms with Crippen LogP contribution in [-0.2, 0) is 21.1 Å². The molecule has 0 aliphatic heterocycles. The lowest BCUT2D eigenvalue weighted by Gasteiger charge is -2.17. The average molecular weight is 560 g/mol. The number of nitrogens with two attached hydrogens (primary N) is 1. The molecular formula is C31H53N5O4. The van der Waals surface area contributed by atoms with E-state index in [1.54, 1.807) is 4.57 Å². The fourth-order valence-corrected chi connectivity index (χ4v) is 5.07. The first-order valence-corrected chi connectivity index (χ1v) is 15.8. The lowest BCUT2D eigenvalue weighted by molar-refractivity contribution is -0.127. The van der Waals surface area contributed by atoms with Crippen molar-refractivity contribution in [1.82, 2.24) is 19.5 Å². The molecule has 0 unspecified atom stereocenters. The van der Waals surface area contributed by atoms with E-state index in [2.05, 4.69) is 28.8 Å². The Hall–Kier alpha value is -2.55. The molecule has 2 aromatic rings. The third kappa shape index (κ3) is 13.7. The van der Waals surface area contributed by atoms with Gasteiger partial charge in [0.2, 0.25) is 5.95 Å². The van der Waals surface area contributed by atoms with E-state index in [0.717, 1.165) is 38.5 Å². The number of aromatic nitrogens is 4. The highest BCUT2D eigenvalue weighted by atomic mass is 16.5. The Morgan fingerprint density at radius 2 is 1.30 bits per heavy atom. The van der Waals surface area contributed by atoms with Crippen LogP contribution < -0.4 is 11.3 Å². The topological polar surface area (TPSA) is 133 Å². The van der Waals surface area contributed by atoms with Gasteiger partial charge in [0.25, 0.3) is 5.56 Å². The van der Waals surface area contributed by atoms with E-state index in [9.17, 15) is 14.4 Å². The van der Waals surface area contributed by atoms with E-state index in [0.29, 0.717) is 18.5 Å². The summed E-state index contributed by atoms with van der Waals surface area (Å²) >= 11 is 0. The molecule has 0 amide bonds. The second kappa shape index (κ2) is 20.3. The van der Waals surface area contributed by atoms with Crippen molar-refractivity contribution in [2.75, 3.05) is 5.73 Å². The second-order valence-corrected chi connectivity index (χ2v) is 11.2. The van der Waals surface area contributed by atoms with E-state index < -0.39 is 11.7 Å². The summed E-state index contributed by atoms with van der Waals surface area (Å²) in [5.41, 5.74) is 5.77. The zero-order chi connectivity index (χ0) is 29.0. The van der Waals surface area contributed by atoms with Crippen molar-refractivity contribution in [2.45, 2.75) is 155 Å². The molecule has 0 fully saturated rings. The van der Waals surface area contributed by atoms with E-state index in [4.69, 9.17) is 10.5 Å². The molecule has 9 nitrogen and oxygen atoms in total. The molecule has 0 bridgehead atoms. The van der Waals surface area contributed by atoms with Gasteiger partial charge in [0.15, 0.2) is 11.2 Å². The van der Waals surface area contributed by atoms with Crippen molar-refractivity contribution in [2.24, 2.45) is 0 Å². The number of rotatable bonds is 25. The van der Waals surface area contributed by atoms with Gasteiger partial charge in [-0.15, -0.1) is 0 Å². The number of ketones is 2. The molecule has 0 aromatic carbocycles. The number of Topliss-reactive ketones (excluding diaryl/α,β-unsaturated/α-hetero) is 2. The van der Waals surface area contributed by atoms with Gasteiger partial charge in [0.05, 0.1) is 12.4 Å². The molecular weight excluding hydrogens is 506 g/mol. The normalized spacial score (nSPS) is 11.6. The van der Waals surface area contributed by atoms with Crippen molar-refractivity contribution in [3.05, 3.63) is 16.7 Å². The Morgan fingerprint density at radius 3 is 1.80 bits per heavy atom. The first kappa shape index (κ1) is 33.7. The Kier molecular flexibility index (Phi) is 17.1. The van der Waals surface area contributed by atoms with E-state index in [1.165, 1.54) is 70.5 Å². The number of carbonyl (C=O) groups excluding carboxylic acids is 2. The van der Waals surface area contributed by atoms with Gasteiger partial charge in [-0.1, -0.05) is 104 Å². The van der Waals surface area contributed by atoms with Crippen molar-refractivity contribution in [1.29, 1.82) is 0 Å². The Balaban J connectivity index is 1.83. The predicted molar refractivity (Wildman–Crippen MR) is 161 cm³/mol. The van der Waals surface area contributed by atoms with Crippen LogP contribution in [0.3, 0.4) is 0 Å². The maximum atomic E-state index is 12.8. The number of imidazole rings is 1. The van der Waals surface area contributed by atoms with Gasteiger partial charge in [-0.2, -0.15) is 4.98 Å². The Labute approximate surface area is 240 Å². The van der Waals surface area contributed by atoms with E-state index in [-0.39, 0.29) is 42.6 Å². The first-order valence-electron chi connectivity index (χ1n) is 15.8. The summed E-state index contributed by atoms with van der Waals surface area (Å²) in [6, 6.07) is 0. The van der Waals surface area contributed by atoms with Crippen molar-refractivity contribution in [3.8, 4) is 0 Å². The zero-order valence-corrected chi connectivity index (χ0v) is 25.1. The van der Waals surface area contributed by atoms with Crippen LogP contribution in [0.2, 0.25) is 0 Å². The van der Waals surface area contributed by atoms with Crippen LogP contribution in [0, 0.1) is 0 Å². The minimum atomic E-state index is -0.514. The van der Waals surface area contributed by atoms with Gasteiger partial charge in [-0.25, -0.2) is 4.98 Å². The quantitative estimate of drug-likeness (QED) is 0.125. The number of anilines is 1. The van der Waals surface area contributed by atoms with Crippen molar-refractivity contribution >= 4 is 28.7 Å². The molecule has 0 aliphatic rings. The van der Waals surface area contributed by atoms with Gasteiger partial charge in [-0.3, -0.25) is 23.9 Å². The SMILES string of the molecule is CCCCCCCCCCC(=O)CC(CC(=O)CCCCCCCCCC)OCn1cnc2c(=O)[nH]c(N)nc21. The third-order valence-corrected chi connectivity index (χ3v) is 7.47. The minimum absolute atomic E-state index is 0.00289. The van der Waals surface area contributed by atoms with Gasteiger partial charge in [0, 0.05) is 25.7 Å². The summed E-state index contributed by atoms with van der Waals surface area (Å²) in [5, 5.41) is 0. The largest absolute Gasteiger partial charge is 0.369 e. The molecule has 0 spiro atoms. The van der Waals surface area contributed by atoms with E-state index >= 15 is 0 Å². The van der Waals surface area contributed by atoms with Crippen molar-refractivity contribution in [3.63, 3.8) is 0 Å². The van der Waals surface area contributed by atoms with Gasteiger partial charge in [0.1, 0.15) is 18.3 Å². The standard InChI is InChI=1S/C31H53N5O4/c1-3-5-7-9-11-13-15-17-19-25(37)21-27(22-26(38)20-18-16-14-12-10-8-6-4-2)40-24-36-23-33-28-29(36)34-31(32)35-30(28)39/h23,27H,3-22,24H2,1-2H3,(H3,32,34,35,39). The maximum absolute atomic E-state index is 12.8. The molecule has 0 atom stereocenters. The van der Waals surface area contributed by atoms with Gasteiger partial charge in [-0.05, 0) is 12.8 Å². The minimum Gasteiger partial charge on any atom is -0.369 e. The molecule has 2 rings (SSSR count). The molecule has 0 radical (unpaired) electrons. The molecule has 0 aliphatic carbocycles. The van der Waals surface area contributed by atoms with Gasteiger partial charge < -0.3 is 10.5 Å². The molecule has 3 N–H and O–H groups in total. The van der Waals surface area contributed by atoms with Crippen LogP contribution in [0.5, 0.6) is 0 Å². The molecule has 40 heavy (non-hydrogen) atoms. The molecule has 2 aromatic heterocycles. The van der Waals surface area contributed by atoms with Crippen LogP contribution in [0.25, 0.3) is 11.2 Å². The fraction of sp³-hybridized carbons (Fsp3) is 0.774. The van der Waals surface area contributed by atoms with Crippen LogP contribution in [-0.4, -0.2) is 37.2 Å². The number of fused-ring (bicyclic) bond motifs is 1. The fourth-order valence-electron chi connectivity index (χ4n) is 5.07. The lowest BCUT2D eigenvalue weighted by atomic mass is 9.99. The average Bonchev–Trinajstić information content (AvgIpc) is 3.33. The van der Waals surface area contributed by atoms with Crippen LogP contribution in [0.1, 0.15) is 142 Å². The van der Waals surface area contributed by atoms with Crippen LogP contribution >= 0.6 is 0 Å². The Morgan fingerprint density at radius 1 is 0.825 bits per heavy atom.